The van der Waals surface area contributed by atoms with E-state index < -0.39 is 0 Å². The van der Waals surface area contributed by atoms with Gasteiger partial charge in [0.1, 0.15) is 0 Å². The van der Waals surface area contributed by atoms with Crippen molar-refractivity contribution in [1.29, 1.82) is 0 Å². The van der Waals surface area contributed by atoms with E-state index in [2.05, 4.69) is 23.3 Å². The van der Waals surface area contributed by atoms with Crippen molar-refractivity contribution in [3.8, 4) is 0 Å². The lowest BCUT2D eigenvalue weighted by atomic mass is 10.0. The average Bonchev–Trinajstić information content (AvgIpc) is 2.78. The third kappa shape index (κ3) is 1.42. The summed E-state index contributed by atoms with van der Waals surface area (Å²) < 4.78 is 0. The Morgan fingerprint density at radius 2 is 2.40 bits per heavy atom. The summed E-state index contributed by atoms with van der Waals surface area (Å²) in [6.07, 6.45) is 9.78. The fourth-order valence-electron chi connectivity index (χ4n) is 2.49. The molecule has 1 aliphatic carbocycles. The number of hydrogen-bond acceptors (Lipinski definition) is 3. The van der Waals surface area contributed by atoms with Crippen LogP contribution in [0.15, 0.2) is 17.3 Å². The largest absolute Gasteiger partial charge is 0.353 e. The summed E-state index contributed by atoms with van der Waals surface area (Å²) in [5.74, 6) is 0. The maximum Gasteiger partial charge on any atom is 0.0978 e. The zero-order chi connectivity index (χ0) is 10.3. The first-order valence-corrected chi connectivity index (χ1v) is 6.23. The van der Waals surface area contributed by atoms with E-state index in [1.54, 1.807) is 16.8 Å². The van der Waals surface area contributed by atoms with Crippen LogP contribution in [0.25, 0.3) is 0 Å². The minimum absolute atomic E-state index is 0.254. The van der Waals surface area contributed by atoms with Crippen molar-refractivity contribution in [2.45, 2.75) is 32.2 Å². The highest BCUT2D eigenvalue weighted by Crippen LogP contribution is 2.39. The van der Waals surface area contributed by atoms with Gasteiger partial charge in [-0.3, -0.25) is 4.99 Å². The number of nitrogens with one attached hydrogen (secondary N) is 1. The Morgan fingerprint density at radius 3 is 3.20 bits per heavy atom. The molecule has 3 heteroatoms. The van der Waals surface area contributed by atoms with Crippen LogP contribution in [0.5, 0.6) is 0 Å². The molecule has 2 heterocycles. The summed E-state index contributed by atoms with van der Waals surface area (Å²) in [4.78, 5) is 7.55. The SMILES string of the molecule is Cc1sc2c(c1C1C=CNC=N1)CCC2. The minimum atomic E-state index is 0.254. The van der Waals surface area contributed by atoms with Gasteiger partial charge >= 0.3 is 0 Å². The smallest absolute Gasteiger partial charge is 0.0978 e. The molecule has 0 radical (unpaired) electrons. The van der Waals surface area contributed by atoms with E-state index in [1.165, 1.54) is 29.7 Å². The summed E-state index contributed by atoms with van der Waals surface area (Å²) in [5.41, 5.74) is 3.06. The van der Waals surface area contributed by atoms with Crippen molar-refractivity contribution >= 4 is 17.7 Å². The zero-order valence-corrected chi connectivity index (χ0v) is 9.60. The van der Waals surface area contributed by atoms with Crippen LogP contribution in [0, 0.1) is 6.92 Å². The molecule has 0 saturated heterocycles. The van der Waals surface area contributed by atoms with Gasteiger partial charge in [0.2, 0.25) is 0 Å². The van der Waals surface area contributed by atoms with Crippen LogP contribution in [0.1, 0.15) is 33.3 Å². The van der Waals surface area contributed by atoms with E-state index in [0.717, 1.165) is 0 Å². The van der Waals surface area contributed by atoms with Crippen LogP contribution in [0.2, 0.25) is 0 Å². The molecule has 1 unspecified atom stereocenters. The molecule has 0 amide bonds. The molecule has 2 aliphatic rings. The molecule has 0 spiro atoms. The van der Waals surface area contributed by atoms with Gasteiger partial charge < -0.3 is 5.32 Å². The molecule has 0 bridgehead atoms. The van der Waals surface area contributed by atoms with Gasteiger partial charge in [0.25, 0.3) is 0 Å². The predicted octanol–water partition coefficient (Wildman–Crippen LogP) is 2.73. The Labute approximate surface area is 93.7 Å². The highest BCUT2D eigenvalue weighted by atomic mass is 32.1. The summed E-state index contributed by atoms with van der Waals surface area (Å²) in [6, 6.07) is 0.254. The van der Waals surface area contributed by atoms with Crippen LogP contribution in [-0.2, 0) is 12.8 Å². The van der Waals surface area contributed by atoms with Crippen molar-refractivity contribution in [3.63, 3.8) is 0 Å². The molecule has 0 aromatic carbocycles. The van der Waals surface area contributed by atoms with Gasteiger partial charge in [-0.2, -0.15) is 0 Å². The quantitative estimate of drug-likeness (QED) is 0.770. The lowest BCUT2D eigenvalue weighted by molar-refractivity contribution is 0.849. The second-order valence-corrected chi connectivity index (χ2v) is 5.39. The third-order valence-corrected chi connectivity index (χ3v) is 4.35. The fraction of sp³-hybridized carbons (Fsp3) is 0.417. The number of aryl methyl sites for hydroxylation is 2. The van der Waals surface area contributed by atoms with E-state index in [-0.39, 0.29) is 6.04 Å². The standard InChI is InChI=1S/C12H14N2S/c1-8-12(10-5-6-13-7-14-10)9-3-2-4-11(9)15-8/h5-7,10H,2-4H2,1H3,(H,13,14). The summed E-state index contributed by atoms with van der Waals surface area (Å²) in [6.45, 7) is 2.23. The molecule has 1 aromatic heterocycles. The van der Waals surface area contributed by atoms with Gasteiger partial charge in [-0.25, -0.2) is 0 Å². The molecular formula is C12H14N2S. The number of thiophene rings is 1. The van der Waals surface area contributed by atoms with E-state index >= 15 is 0 Å². The van der Waals surface area contributed by atoms with Crippen LogP contribution < -0.4 is 5.32 Å². The van der Waals surface area contributed by atoms with Crippen LogP contribution in [0.4, 0.5) is 0 Å². The normalized spacial score (nSPS) is 22.9. The number of nitrogens with zero attached hydrogens (tertiary/aromatic N) is 1. The van der Waals surface area contributed by atoms with Crippen molar-refractivity contribution in [3.05, 3.63) is 33.2 Å². The maximum atomic E-state index is 4.49. The Hall–Kier alpha value is -1.09. The molecule has 0 fully saturated rings. The molecule has 3 rings (SSSR count). The van der Waals surface area contributed by atoms with E-state index in [1.807, 2.05) is 17.5 Å². The van der Waals surface area contributed by atoms with Gasteiger partial charge in [0, 0.05) is 16.0 Å². The Morgan fingerprint density at radius 1 is 1.47 bits per heavy atom. The summed E-state index contributed by atoms with van der Waals surface area (Å²) in [7, 11) is 0. The highest BCUT2D eigenvalue weighted by Gasteiger charge is 2.24. The second-order valence-electron chi connectivity index (χ2n) is 4.08. The Bertz CT molecular complexity index is 431. The van der Waals surface area contributed by atoms with Crippen molar-refractivity contribution in [1.82, 2.24) is 5.32 Å². The fourth-order valence-corrected chi connectivity index (χ4v) is 3.79. The molecule has 78 valence electrons. The molecular weight excluding hydrogens is 204 g/mol. The average molecular weight is 218 g/mol. The first-order chi connectivity index (χ1) is 7.36. The second kappa shape index (κ2) is 3.49. The number of aliphatic imine (C=N–C) groups is 1. The van der Waals surface area contributed by atoms with Gasteiger partial charge in [0.05, 0.1) is 12.4 Å². The zero-order valence-electron chi connectivity index (χ0n) is 8.79. The van der Waals surface area contributed by atoms with Gasteiger partial charge in [-0.05, 0) is 43.4 Å². The molecule has 1 N–H and O–H groups in total. The van der Waals surface area contributed by atoms with Gasteiger partial charge in [0.15, 0.2) is 0 Å². The van der Waals surface area contributed by atoms with Crippen LogP contribution >= 0.6 is 11.3 Å². The number of rotatable bonds is 1. The first-order valence-electron chi connectivity index (χ1n) is 5.41. The van der Waals surface area contributed by atoms with E-state index in [0.29, 0.717) is 0 Å². The first kappa shape index (κ1) is 9.16. The van der Waals surface area contributed by atoms with E-state index in [4.69, 9.17) is 0 Å². The minimum Gasteiger partial charge on any atom is -0.353 e. The molecule has 1 atom stereocenters. The third-order valence-electron chi connectivity index (χ3n) is 3.13. The molecule has 1 aromatic rings. The van der Waals surface area contributed by atoms with Crippen LogP contribution in [-0.4, -0.2) is 6.34 Å². The van der Waals surface area contributed by atoms with Gasteiger partial charge in [-0.1, -0.05) is 0 Å². The number of fused-ring (bicyclic) bond motifs is 1. The summed E-state index contributed by atoms with van der Waals surface area (Å²) in [5, 5.41) is 3.00. The van der Waals surface area contributed by atoms with E-state index in [9.17, 15) is 0 Å². The lowest BCUT2D eigenvalue weighted by Crippen LogP contribution is -2.09. The topological polar surface area (TPSA) is 24.4 Å². The molecule has 2 nitrogen and oxygen atoms in total. The Kier molecular flexibility index (Phi) is 2.13. The maximum absolute atomic E-state index is 4.49. The monoisotopic (exact) mass is 218 g/mol. The highest BCUT2D eigenvalue weighted by molar-refractivity contribution is 7.12. The van der Waals surface area contributed by atoms with Crippen molar-refractivity contribution in [2.24, 2.45) is 4.99 Å². The Balaban J connectivity index is 2.07. The summed E-state index contributed by atoms with van der Waals surface area (Å²) >= 11 is 1.97. The molecule has 1 aliphatic heterocycles. The van der Waals surface area contributed by atoms with Crippen molar-refractivity contribution < 1.29 is 0 Å². The number of hydrogen-bond donors (Lipinski definition) is 1. The lowest BCUT2D eigenvalue weighted by Gasteiger charge is -2.13. The molecule has 0 saturated carbocycles. The molecule has 15 heavy (non-hydrogen) atoms. The van der Waals surface area contributed by atoms with Crippen LogP contribution in [0.3, 0.4) is 0 Å². The van der Waals surface area contributed by atoms with Gasteiger partial charge in [-0.15, -0.1) is 11.3 Å². The van der Waals surface area contributed by atoms with Crippen molar-refractivity contribution in [2.75, 3.05) is 0 Å². The predicted molar refractivity (Wildman–Crippen MR) is 64.6 cm³/mol.